The minimum absolute atomic E-state index is 0.0269. The maximum Gasteiger partial charge on any atom is 0.272 e. The van der Waals surface area contributed by atoms with Crippen LogP contribution >= 0.6 is 34.8 Å². The Bertz CT molecular complexity index is 1840. The molecule has 16 heteroatoms. The lowest BCUT2D eigenvalue weighted by Gasteiger charge is -2.19. The van der Waals surface area contributed by atoms with Crippen molar-refractivity contribution in [1.82, 2.24) is 24.4 Å². The van der Waals surface area contributed by atoms with Crippen LogP contribution in [0.3, 0.4) is 0 Å². The number of aliphatic hydroxyl groups excluding tert-OH is 2. The number of aryl methyl sites for hydroxylation is 2. The van der Waals surface area contributed by atoms with E-state index in [4.69, 9.17) is 39.5 Å². The minimum atomic E-state index is -2.77. The van der Waals surface area contributed by atoms with Crippen molar-refractivity contribution >= 4 is 63.2 Å². The SMILES string of the molecule is Cn1ccnc1C(O)NCc1ccc(Cl)c(Nc2nc3cc(C(O)Nc4ccc(F)c(Cl)c4)c(OCC(F)F)cc3n2C)c1Cl. The highest BCUT2D eigenvalue weighted by Crippen LogP contribution is 2.38. The smallest absolute Gasteiger partial charge is 0.272 e. The fraction of sp³-hybridized carbons (Fsp3) is 0.241. The Morgan fingerprint density at radius 2 is 1.78 bits per heavy atom. The molecule has 0 aliphatic carbocycles. The third-order valence-corrected chi connectivity index (χ3v) is 7.93. The number of fused-ring (bicyclic) bond motifs is 1. The molecule has 5 aromatic rings. The molecule has 0 amide bonds. The van der Waals surface area contributed by atoms with Gasteiger partial charge >= 0.3 is 0 Å². The molecule has 0 aliphatic rings. The number of imidazole rings is 2. The average molecular weight is 685 g/mol. The first-order valence-electron chi connectivity index (χ1n) is 13.4. The fourth-order valence-corrected chi connectivity index (χ4v) is 5.27. The molecule has 0 saturated carbocycles. The van der Waals surface area contributed by atoms with Gasteiger partial charge in [0.05, 0.1) is 31.8 Å². The van der Waals surface area contributed by atoms with E-state index in [0.29, 0.717) is 33.1 Å². The van der Waals surface area contributed by atoms with Crippen molar-refractivity contribution in [2.45, 2.75) is 25.4 Å². The highest BCUT2D eigenvalue weighted by molar-refractivity contribution is 6.39. The van der Waals surface area contributed by atoms with Crippen molar-refractivity contribution in [2.75, 3.05) is 17.2 Å². The summed E-state index contributed by atoms with van der Waals surface area (Å²) in [7, 11) is 3.44. The lowest BCUT2D eigenvalue weighted by molar-refractivity contribution is 0.0797. The molecule has 0 fully saturated rings. The zero-order valence-corrected chi connectivity index (χ0v) is 26.0. The second-order valence-electron chi connectivity index (χ2n) is 9.95. The average Bonchev–Trinajstić information content (AvgIpc) is 3.56. The van der Waals surface area contributed by atoms with Crippen molar-refractivity contribution in [2.24, 2.45) is 14.1 Å². The monoisotopic (exact) mass is 683 g/mol. The molecular weight excluding hydrogens is 658 g/mol. The van der Waals surface area contributed by atoms with E-state index >= 15 is 0 Å². The number of nitrogens with zero attached hydrogens (tertiary/aromatic N) is 4. The third kappa shape index (κ3) is 7.24. The number of hydrogen-bond acceptors (Lipinski definition) is 8. The van der Waals surface area contributed by atoms with Gasteiger partial charge in [0, 0.05) is 50.4 Å². The number of halogens is 6. The first kappa shape index (κ1) is 32.7. The molecule has 3 aromatic carbocycles. The molecule has 2 heterocycles. The Morgan fingerprint density at radius 1 is 1.00 bits per heavy atom. The quantitative estimate of drug-likeness (QED) is 0.0924. The summed E-state index contributed by atoms with van der Waals surface area (Å²) in [6.07, 6.45) is -1.99. The van der Waals surface area contributed by atoms with E-state index in [9.17, 15) is 23.4 Å². The summed E-state index contributed by atoms with van der Waals surface area (Å²) in [5.41, 5.74) is 2.20. The van der Waals surface area contributed by atoms with E-state index in [1.807, 2.05) is 0 Å². The maximum absolute atomic E-state index is 13.6. The number of nitrogens with one attached hydrogen (secondary N) is 3. The van der Waals surface area contributed by atoms with Crippen LogP contribution in [-0.4, -0.2) is 42.3 Å². The van der Waals surface area contributed by atoms with Gasteiger partial charge in [-0.1, -0.05) is 40.9 Å². The topological polar surface area (TPSA) is 121 Å². The number of alkyl halides is 2. The molecule has 0 aliphatic heterocycles. The standard InChI is InChI=1S/C29H27Cl3F3N7O3/c1-41-8-7-36-26(41)28(44)37-12-14-3-5-17(30)25(24(14)32)40-29-39-20-10-16(22(45-13-23(34)35)11-21(20)42(29)2)27(43)38-15-4-6-19(33)18(31)9-15/h3-11,23,27-28,37-38,43-44H,12-13H2,1-2H3,(H,39,40). The van der Waals surface area contributed by atoms with Crippen LogP contribution in [0, 0.1) is 5.82 Å². The van der Waals surface area contributed by atoms with Crippen LogP contribution in [0.5, 0.6) is 5.75 Å². The van der Waals surface area contributed by atoms with Crippen LogP contribution in [0.4, 0.5) is 30.5 Å². The third-order valence-electron chi connectivity index (χ3n) is 6.89. The van der Waals surface area contributed by atoms with Crippen molar-refractivity contribution < 1.29 is 28.1 Å². The molecule has 45 heavy (non-hydrogen) atoms. The predicted molar refractivity (Wildman–Crippen MR) is 167 cm³/mol. The van der Waals surface area contributed by atoms with Crippen LogP contribution in [-0.2, 0) is 20.6 Å². The van der Waals surface area contributed by atoms with Crippen LogP contribution in [0.25, 0.3) is 11.0 Å². The molecule has 5 rings (SSSR count). The predicted octanol–water partition coefficient (Wildman–Crippen LogP) is 6.68. The summed E-state index contributed by atoms with van der Waals surface area (Å²) in [5, 5.41) is 30.7. The Morgan fingerprint density at radius 3 is 2.47 bits per heavy atom. The van der Waals surface area contributed by atoms with Gasteiger partial charge in [-0.2, -0.15) is 0 Å². The number of rotatable bonds is 12. The van der Waals surface area contributed by atoms with Gasteiger partial charge in [-0.15, -0.1) is 0 Å². The van der Waals surface area contributed by atoms with Gasteiger partial charge in [0.15, 0.2) is 18.3 Å². The highest BCUT2D eigenvalue weighted by atomic mass is 35.5. The van der Waals surface area contributed by atoms with Gasteiger partial charge in [-0.3, -0.25) is 5.32 Å². The molecule has 5 N–H and O–H groups in total. The highest BCUT2D eigenvalue weighted by Gasteiger charge is 2.22. The molecular formula is C29H27Cl3F3N7O3. The molecule has 0 saturated heterocycles. The second kappa shape index (κ2) is 13.7. The van der Waals surface area contributed by atoms with Crippen LogP contribution in [0.2, 0.25) is 15.1 Å². The van der Waals surface area contributed by atoms with E-state index in [-0.39, 0.29) is 39.5 Å². The lowest BCUT2D eigenvalue weighted by atomic mass is 10.1. The van der Waals surface area contributed by atoms with E-state index in [1.165, 1.54) is 24.3 Å². The summed E-state index contributed by atoms with van der Waals surface area (Å²) >= 11 is 19.1. The largest absolute Gasteiger partial charge is 0.487 e. The second-order valence-corrected chi connectivity index (χ2v) is 11.1. The Kier molecular flexibility index (Phi) is 9.97. The molecule has 0 spiro atoms. The number of hydrogen-bond donors (Lipinski definition) is 5. The fourth-order valence-electron chi connectivity index (χ4n) is 4.56. The van der Waals surface area contributed by atoms with Gasteiger partial charge in [-0.05, 0) is 35.9 Å². The molecule has 10 nitrogen and oxygen atoms in total. The zero-order chi connectivity index (χ0) is 32.4. The van der Waals surface area contributed by atoms with Gasteiger partial charge in [-0.25, -0.2) is 23.1 Å². The van der Waals surface area contributed by atoms with Gasteiger partial charge in [0.1, 0.15) is 18.2 Å². The number of anilines is 3. The summed E-state index contributed by atoms with van der Waals surface area (Å²) in [6, 6.07) is 10.1. The molecule has 2 atom stereocenters. The summed E-state index contributed by atoms with van der Waals surface area (Å²) in [5.74, 6) is 0.0467. The summed E-state index contributed by atoms with van der Waals surface area (Å²) < 4.78 is 48.5. The minimum Gasteiger partial charge on any atom is -0.487 e. The number of ether oxygens (including phenoxy) is 1. The van der Waals surface area contributed by atoms with E-state index in [0.717, 1.165) is 6.07 Å². The van der Waals surface area contributed by atoms with Gasteiger partial charge in [0.25, 0.3) is 6.43 Å². The van der Waals surface area contributed by atoms with E-state index in [1.54, 1.807) is 47.8 Å². The summed E-state index contributed by atoms with van der Waals surface area (Å²) in [4.78, 5) is 8.73. The lowest BCUT2D eigenvalue weighted by Crippen LogP contribution is -2.23. The van der Waals surface area contributed by atoms with Crippen LogP contribution in [0.1, 0.15) is 29.4 Å². The van der Waals surface area contributed by atoms with Crippen molar-refractivity contribution in [3.63, 3.8) is 0 Å². The number of benzene rings is 3. The number of aliphatic hydroxyl groups is 2. The molecule has 2 aromatic heterocycles. The van der Waals surface area contributed by atoms with Crippen LogP contribution in [0.15, 0.2) is 54.9 Å². The maximum atomic E-state index is 13.6. The van der Waals surface area contributed by atoms with Crippen LogP contribution < -0.4 is 20.7 Å². The molecule has 2 unspecified atom stereocenters. The van der Waals surface area contributed by atoms with E-state index < -0.39 is 31.3 Å². The Balaban J connectivity index is 1.44. The Hall–Kier alpha value is -3.72. The zero-order valence-electron chi connectivity index (χ0n) is 23.7. The number of aromatic nitrogens is 4. The first-order valence-corrected chi connectivity index (χ1v) is 14.5. The normalized spacial score (nSPS) is 13.0. The van der Waals surface area contributed by atoms with Crippen molar-refractivity contribution in [3.05, 3.63) is 92.7 Å². The Labute approximate surface area is 270 Å². The van der Waals surface area contributed by atoms with Gasteiger partial charge < -0.3 is 34.7 Å². The molecule has 0 bridgehead atoms. The van der Waals surface area contributed by atoms with Crippen molar-refractivity contribution in [3.8, 4) is 5.75 Å². The molecule has 0 radical (unpaired) electrons. The van der Waals surface area contributed by atoms with Gasteiger partial charge in [0.2, 0.25) is 5.95 Å². The molecule has 238 valence electrons. The first-order chi connectivity index (χ1) is 21.4. The van der Waals surface area contributed by atoms with Crippen molar-refractivity contribution in [1.29, 1.82) is 0 Å². The van der Waals surface area contributed by atoms with E-state index in [2.05, 4.69) is 25.9 Å². The summed E-state index contributed by atoms with van der Waals surface area (Å²) in [6.45, 7) is -0.739.